The second kappa shape index (κ2) is 4.14. The molecular weight excluding hydrogens is 218 g/mol. The number of benzene rings is 1. The number of rotatable bonds is 2. The van der Waals surface area contributed by atoms with Gasteiger partial charge in [-0.05, 0) is 29.8 Å². The van der Waals surface area contributed by atoms with Crippen molar-refractivity contribution in [3.63, 3.8) is 0 Å². The fourth-order valence-electron chi connectivity index (χ4n) is 1.89. The van der Waals surface area contributed by atoms with Crippen molar-refractivity contribution < 1.29 is 13.9 Å². The maximum atomic E-state index is 6.10. The van der Waals surface area contributed by atoms with Gasteiger partial charge < -0.3 is 19.6 Å². The van der Waals surface area contributed by atoms with Crippen LogP contribution in [-0.2, 0) is 0 Å². The Bertz CT molecular complexity index is 507. The number of furan rings is 1. The lowest BCUT2D eigenvalue weighted by Crippen LogP contribution is -2.17. The summed E-state index contributed by atoms with van der Waals surface area (Å²) in [6.45, 7) is 1.17. The summed E-state index contributed by atoms with van der Waals surface area (Å²) >= 11 is 0. The Hall–Kier alpha value is -1.94. The molecule has 1 aromatic carbocycles. The molecule has 0 fully saturated rings. The van der Waals surface area contributed by atoms with Crippen molar-refractivity contribution in [1.29, 1.82) is 0 Å². The molecule has 1 unspecified atom stereocenters. The van der Waals surface area contributed by atoms with Crippen molar-refractivity contribution in [3.8, 4) is 11.5 Å². The van der Waals surface area contributed by atoms with Crippen LogP contribution >= 0.6 is 0 Å². The highest BCUT2D eigenvalue weighted by Gasteiger charge is 2.16. The molecule has 2 N–H and O–H groups in total. The fraction of sp³-hybridized carbons (Fsp3) is 0.231. The van der Waals surface area contributed by atoms with Crippen LogP contribution in [0.25, 0.3) is 0 Å². The van der Waals surface area contributed by atoms with Crippen LogP contribution in [0, 0.1) is 0 Å². The smallest absolute Gasteiger partial charge is 0.161 e. The topological polar surface area (TPSA) is 57.6 Å². The van der Waals surface area contributed by atoms with Crippen molar-refractivity contribution in [2.45, 2.75) is 6.04 Å². The first kappa shape index (κ1) is 10.2. The Kier molecular flexibility index (Phi) is 2.49. The van der Waals surface area contributed by atoms with Crippen molar-refractivity contribution in [1.82, 2.24) is 0 Å². The SMILES string of the molecule is NC(c1ccc2c(c1)OCCO2)c1ccco1. The first-order valence-electron chi connectivity index (χ1n) is 5.53. The van der Waals surface area contributed by atoms with Crippen molar-refractivity contribution >= 4 is 0 Å². The van der Waals surface area contributed by atoms with Gasteiger partial charge in [0.2, 0.25) is 0 Å². The lowest BCUT2D eigenvalue weighted by atomic mass is 10.0. The second-order valence-electron chi connectivity index (χ2n) is 3.90. The van der Waals surface area contributed by atoms with E-state index in [1.165, 1.54) is 0 Å². The number of ether oxygens (including phenoxy) is 2. The highest BCUT2D eigenvalue weighted by Crippen LogP contribution is 2.33. The summed E-state index contributed by atoms with van der Waals surface area (Å²) in [6.07, 6.45) is 1.62. The maximum Gasteiger partial charge on any atom is 0.161 e. The van der Waals surface area contributed by atoms with E-state index in [4.69, 9.17) is 19.6 Å². The summed E-state index contributed by atoms with van der Waals surface area (Å²) in [5.74, 6) is 2.25. The summed E-state index contributed by atoms with van der Waals surface area (Å²) in [6, 6.07) is 9.13. The summed E-state index contributed by atoms with van der Waals surface area (Å²) < 4.78 is 16.3. The van der Waals surface area contributed by atoms with E-state index in [9.17, 15) is 0 Å². The predicted octanol–water partition coefficient (Wildman–Crippen LogP) is 2.10. The van der Waals surface area contributed by atoms with Gasteiger partial charge in [0, 0.05) is 0 Å². The van der Waals surface area contributed by atoms with E-state index < -0.39 is 0 Å². The Labute approximate surface area is 98.9 Å². The molecular formula is C13H13NO3. The van der Waals surface area contributed by atoms with Gasteiger partial charge in [-0.1, -0.05) is 6.07 Å². The molecule has 0 spiro atoms. The molecule has 0 saturated heterocycles. The Morgan fingerprint density at radius 2 is 1.88 bits per heavy atom. The van der Waals surface area contributed by atoms with Crippen LogP contribution in [0.4, 0.5) is 0 Å². The summed E-state index contributed by atoms with van der Waals surface area (Å²) in [5, 5.41) is 0. The molecule has 1 aliphatic heterocycles. The average Bonchev–Trinajstić information content (AvgIpc) is 2.91. The van der Waals surface area contributed by atoms with E-state index in [1.807, 2.05) is 30.3 Å². The normalized spacial score (nSPS) is 15.6. The maximum absolute atomic E-state index is 6.10. The fourth-order valence-corrected chi connectivity index (χ4v) is 1.89. The van der Waals surface area contributed by atoms with E-state index in [-0.39, 0.29) is 6.04 Å². The molecule has 0 aliphatic carbocycles. The lowest BCUT2D eigenvalue weighted by Gasteiger charge is -2.20. The zero-order valence-corrected chi connectivity index (χ0v) is 9.26. The van der Waals surface area contributed by atoms with Crippen LogP contribution < -0.4 is 15.2 Å². The molecule has 2 heterocycles. The van der Waals surface area contributed by atoms with Gasteiger partial charge in [-0.25, -0.2) is 0 Å². The second-order valence-corrected chi connectivity index (χ2v) is 3.90. The van der Waals surface area contributed by atoms with E-state index in [2.05, 4.69) is 0 Å². The molecule has 17 heavy (non-hydrogen) atoms. The molecule has 0 bridgehead atoms. The number of hydrogen-bond donors (Lipinski definition) is 1. The molecule has 0 radical (unpaired) electrons. The van der Waals surface area contributed by atoms with Gasteiger partial charge in [-0.2, -0.15) is 0 Å². The van der Waals surface area contributed by atoms with Crippen LogP contribution in [0.2, 0.25) is 0 Å². The average molecular weight is 231 g/mol. The van der Waals surface area contributed by atoms with Crippen LogP contribution in [0.1, 0.15) is 17.4 Å². The minimum absolute atomic E-state index is 0.277. The van der Waals surface area contributed by atoms with Gasteiger partial charge in [0.15, 0.2) is 11.5 Å². The summed E-state index contributed by atoms with van der Waals surface area (Å²) in [4.78, 5) is 0. The largest absolute Gasteiger partial charge is 0.486 e. The van der Waals surface area contributed by atoms with Crippen LogP contribution in [0.15, 0.2) is 41.0 Å². The van der Waals surface area contributed by atoms with Crippen molar-refractivity contribution in [2.24, 2.45) is 5.73 Å². The van der Waals surface area contributed by atoms with Crippen LogP contribution in [-0.4, -0.2) is 13.2 Å². The van der Waals surface area contributed by atoms with Gasteiger partial charge in [0.05, 0.1) is 12.3 Å². The summed E-state index contributed by atoms with van der Waals surface area (Å²) in [5.41, 5.74) is 7.05. The number of fused-ring (bicyclic) bond motifs is 1. The zero-order chi connectivity index (χ0) is 11.7. The Morgan fingerprint density at radius 3 is 2.65 bits per heavy atom. The van der Waals surface area contributed by atoms with Crippen LogP contribution in [0.5, 0.6) is 11.5 Å². The first-order chi connectivity index (χ1) is 8.34. The number of nitrogens with two attached hydrogens (primary N) is 1. The third kappa shape index (κ3) is 1.87. The molecule has 4 heteroatoms. The van der Waals surface area contributed by atoms with E-state index in [0.29, 0.717) is 13.2 Å². The standard InChI is InChI=1S/C13H13NO3/c14-13(11-2-1-5-15-11)9-3-4-10-12(8-9)17-7-6-16-10/h1-5,8,13H,6-7,14H2. The molecule has 1 aromatic heterocycles. The molecule has 4 nitrogen and oxygen atoms in total. The van der Waals surface area contributed by atoms with Gasteiger partial charge in [0.25, 0.3) is 0 Å². The third-order valence-electron chi connectivity index (χ3n) is 2.78. The van der Waals surface area contributed by atoms with Gasteiger partial charge in [0.1, 0.15) is 19.0 Å². The molecule has 2 aromatic rings. The quantitative estimate of drug-likeness (QED) is 0.859. The zero-order valence-electron chi connectivity index (χ0n) is 9.26. The van der Waals surface area contributed by atoms with Gasteiger partial charge >= 0.3 is 0 Å². The van der Waals surface area contributed by atoms with Crippen molar-refractivity contribution in [2.75, 3.05) is 13.2 Å². The molecule has 0 amide bonds. The Morgan fingerprint density at radius 1 is 1.06 bits per heavy atom. The van der Waals surface area contributed by atoms with E-state index in [1.54, 1.807) is 6.26 Å². The minimum atomic E-state index is -0.277. The Balaban J connectivity index is 1.93. The molecule has 3 rings (SSSR count). The first-order valence-corrected chi connectivity index (χ1v) is 5.53. The molecule has 88 valence electrons. The predicted molar refractivity (Wildman–Crippen MR) is 62.2 cm³/mol. The monoisotopic (exact) mass is 231 g/mol. The number of hydrogen-bond acceptors (Lipinski definition) is 4. The lowest BCUT2D eigenvalue weighted by molar-refractivity contribution is 0.171. The highest BCUT2D eigenvalue weighted by atomic mass is 16.6. The molecule has 1 aliphatic rings. The minimum Gasteiger partial charge on any atom is -0.486 e. The van der Waals surface area contributed by atoms with E-state index >= 15 is 0 Å². The summed E-state index contributed by atoms with van der Waals surface area (Å²) in [7, 11) is 0. The molecule has 0 saturated carbocycles. The van der Waals surface area contributed by atoms with E-state index in [0.717, 1.165) is 22.8 Å². The van der Waals surface area contributed by atoms with Crippen molar-refractivity contribution in [3.05, 3.63) is 47.9 Å². The third-order valence-corrected chi connectivity index (χ3v) is 2.78. The van der Waals surface area contributed by atoms with Gasteiger partial charge in [-0.3, -0.25) is 0 Å². The van der Waals surface area contributed by atoms with Gasteiger partial charge in [-0.15, -0.1) is 0 Å². The highest BCUT2D eigenvalue weighted by molar-refractivity contribution is 5.45. The van der Waals surface area contributed by atoms with Crippen LogP contribution in [0.3, 0.4) is 0 Å². The molecule has 1 atom stereocenters.